The number of ether oxygens (including phenoxy) is 1. The summed E-state index contributed by atoms with van der Waals surface area (Å²) in [5.74, 6) is 0.335. The molecule has 0 bridgehead atoms. The number of nitrogens with zero attached hydrogens (tertiary/aromatic N) is 2. The summed E-state index contributed by atoms with van der Waals surface area (Å²) in [6.45, 7) is 6.40. The number of carbonyl (C=O) groups is 2. The van der Waals surface area contributed by atoms with E-state index >= 15 is 0 Å². The summed E-state index contributed by atoms with van der Waals surface area (Å²) in [7, 11) is 0. The number of rotatable bonds is 9. The van der Waals surface area contributed by atoms with Crippen molar-refractivity contribution >= 4 is 22.6 Å². The van der Waals surface area contributed by atoms with Crippen molar-refractivity contribution in [3.8, 4) is 11.5 Å². The Morgan fingerprint density at radius 1 is 1.03 bits per heavy atom. The number of piperidine rings is 1. The summed E-state index contributed by atoms with van der Waals surface area (Å²) >= 11 is 0. The molecule has 192 valence electrons. The molecule has 1 atom stereocenters. The summed E-state index contributed by atoms with van der Waals surface area (Å²) in [6.07, 6.45) is 3.57. The smallest absolute Gasteiger partial charge is 0.261 e. The number of allylic oxidation sites excluding steroid dienone is 1. The van der Waals surface area contributed by atoms with Crippen molar-refractivity contribution < 1.29 is 24.5 Å². The van der Waals surface area contributed by atoms with Crippen LogP contribution in [0.3, 0.4) is 0 Å². The molecule has 5 rings (SSSR count). The summed E-state index contributed by atoms with van der Waals surface area (Å²) in [5.41, 5.74) is 1.92. The highest BCUT2D eigenvalue weighted by atomic mass is 16.5. The van der Waals surface area contributed by atoms with E-state index < -0.39 is 6.10 Å². The Hall–Kier alpha value is -3.68. The Labute approximate surface area is 216 Å². The highest BCUT2D eigenvalue weighted by Gasteiger charge is 2.35. The number of hydrogen-bond acceptors (Lipinski definition) is 6. The number of imide groups is 1. The van der Waals surface area contributed by atoms with Crippen LogP contribution < -0.4 is 4.74 Å². The van der Waals surface area contributed by atoms with E-state index in [-0.39, 0.29) is 30.1 Å². The molecule has 0 aromatic heterocycles. The number of β-amino-alcohol motifs (C(OH)–C–C–N with tert-alkyl or cyclic N) is 1. The van der Waals surface area contributed by atoms with Crippen LogP contribution >= 0.6 is 0 Å². The van der Waals surface area contributed by atoms with Gasteiger partial charge in [-0.05, 0) is 73.5 Å². The predicted octanol–water partition coefficient (Wildman–Crippen LogP) is 4.02. The molecule has 0 radical (unpaired) electrons. The van der Waals surface area contributed by atoms with Gasteiger partial charge in [-0.1, -0.05) is 36.4 Å². The maximum absolute atomic E-state index is 13.2. The van der Waals surface area contributed by atoms with Gasteiger partial charge in [0.1, 0.15) is 24.2 Å². The first-order valence-corrected chi connectivity index (χ1v) is 12.8. The lowest BCUT2D eigenvalue weighted by molar-refractivity contribution is 0.0452. The molecule has 7 heteroatoms. The van der Waals surface area contributed by atoms with Gasteiger partial charge in [0, 0.05) is 24.0 Å². The zero-order chi connectivity index (χ0) is 25.9. The predicted molar refractivity (Wildman–Crippen MR) is 142 cm³/mol. The first-order valence-electron chi connectivity index (χ1n) is 12.8. The monoisotopic (exact) mass is 500 g/mol. The van der Waals surface area contributed by atoms with Gasteiger partial charge in [0.25, 0.3) is 11.8 Å². The highest BCUT2D eigenvalue weighted by Crippen LogP contribution is 2.34. The zero-order valence-corrected chi connectivity index (χ0v) is 20.8. The lowest BCUT2D eigenvalue weighted by Gasteiger charge is -2.36. The average Bonchev–Trinajstić information content (AvgIpc) is 2.90. The molecule has 7 nitrogen and oxygen atoms in total. The number of carbonyl (C=O) groups excluding carboxylic acids is 2. The first kappa shape index (κ1) is 25.0. The van der Waals surface area contributed by atoms with Gasteiger partial charge in [0.05, 0.1) is 5.56 Å². The molecule has 3 aromatic rings. The molecule has 2 amide bonds. The van der Waals surface area contributed by atoms with Crippen LogP contribution in [-0.4, -0.2) is 70.7 Å². The van der Waals surface area contributed by atoms with Crippen molar-refractivity contribution in [1.29, 1.82) is 0 Å². The highest BCUT2D eigenvalue weighted by molar-refractivity contribution is 6.25. The van der Waals surface area contributed by atoms with Gasteiger partial charge < -0.3 is 19.8 Å². The Morgan fingerprint density at radius 3 is 2.57 bits per heavy atom. The summed E-state index contributed by atoms with van der Waals surface area (Å²) in [5, 5.41) is 22.0. The number of aliphatic hydroxyl groups excluding tert-OH is 1. The van der Waals surface area contributed by atoms with Crippen LogP contribution in [-0.2, 0) is 6.42 Å². The van der Waals surface area contributed by atoms with Crippen LogP contribution in [0, 0.1) is 5.92 Å². The summed E-state index contributed by atoms with van der Waals surface area (Å²) < 4.78 is 5.88. The number of aliphatic hydroxyl groups is 1. The molecule has 1 fully saturated rings. The van der Waals surface area contributed by atoms with Crippen LogP contribution in [0.4, 0.5) is 0 Å². The molecule has 2 heterocycles. The standard InChI is InChI=1S/C30H32N2O5/c1-2-6-21-7-3-4-10-27(21)37-19-24(34)18-31-13-11-20(12-14-31)17-32-29(35)25-9-5-8-22-15-23(33)16-26(28(22)25)30(32)36/h2-5,7-10,15-16,20,24,33-34H,1,6,11-14,17-19H2. The molecule has 1 saturated heterocycles. The van der Waals surface area contributed by atoms with Crippen LogP contribution in [0.25, 0.3) is 10.8 Å². The van der Waals surface area contributed by atoms with Crippen molar-refractivity contribution in [2.24, 2.45) is 5.92 Å². The molecule has 0 saturated carbocycles. The van der Waals surface area contributed by atoms with E-state index in [0.29, 0.717) is 41.4 Å². The normalized spacial score (nSPS) is 17.3. The molecule has 0 aliphatic carbocycles. The number of aromatic hydroxyl groups is 1. The van der Waals surface area contributed by atoms with E-state index in [0.717, 1.165) is 37.2 Å². The maximum atomic E-state index is 13.2. The molecule has 2 aliphatic heterocycles. The fourth-order valence-corrected chi connectivity index (χ4v) is 5.42. The van der Waals surface area contributed by atoms with Gasteiger partial charge in [-0.15, -0.1) is 6.58 Å². The Bertz CT molecular complexity index is 1330. The average molecular weight is 501 g/mol. The molecule has 2 aliphatic rings. The minimum Gasteiger partial charge on any atom is -0.508 e. The van der Waals surface area contributed by atoms with Gasteiger partial charge in [-0.25, -0.2) is 0 Å². The quantitative estimate of drug-likeness (QED) is 0.341. The van der Waals surface area contributed by atoms with Crippen LogP contribution in [0.15, 0.2) is 67.3 Å². The van der Waals surface area contributed by atoms with E-state index in [1.807, 2.05) is 30.3 Å². The third-order valence-electron chi connectivity index (χ3n) is 7.30. The van der Waals surface area contributed by atoms with Gasteiger partial charge in [0.2, 0.25) is 0 Å². The third-order valence-corrected chi connectivity index (χ3v) is 7.30. The third kappa shape index (κ3) is 5.24. The van der Waals surface area contributed by atoms with E-state index in [4.69, 9.17) is 4.74 Å². The maximum Gasteiger partial charge on any atom is 0.261 e. The molecule has 2 N–H and O–H groups in total. The van der Waals surface area contributed by atoms with Crippen molar-refractivity contribution in [3.63, 3.8) is 0 Å². The number of phenolic OH excluding ortho intramolecular Hbond substituents is 1. The first-order chi connectivity index (χ1) is 17.9. The van der Waals surface area contributed by atoms with E-state index in [1.54, 1.807) is 24.3 Å². The molecule has 37 heavy (non-hydrogen) atoms. The van der Waals surface area contributed by atoms with Gasteiger partial charge in [-0.3, -0.25) is 14.5 Å². The molecule has 3 aromatic carbocycles. The molecule has 1 unspecified atom stereocenters. The minimum absolute atomic E-state index is 0.0161. The zero-order valence-electron chi connectivity index (χ0n) is 20.8. The Morgan fingerprint density at radius 2 is 1.78 bits per heavy atom. The number of amides is 2. The van der Waals surface area contributed by atoms with Crippen molar-refractivity contribution in [3.05, 3.63) is 83.9 Å². The van der Waals surface area contributed by atoms with Gasteiger partial charge >= 0.3 is 0 Å². The Kier molecular flexibility index (Phi) is 7.26. The molecular formula is C30H32N2O5. The minimum atomic E-state index is -0.622. The number of para-hydroxylation sites is 1. The second kappa shape index (κ2) is 10.7. The Balaban J connectivity index is 1.15. The van der Waals surface area contributed by atoms with Gasteiger partial charge in [0.15, 0.2) is 0 Å². The fraction of sp³-hybridized carbons (Fsp3) is 0.333. The number of benzene rings is 3. The second-order valence-electron chi connectivity index (χ2n) is 9.93. The van der Waals surface area contributed by atoms with E-state index in [1.165, 1.54) is 11.0 Å². The largest absolute Gasteiger partial charge is 0.508 e. The molecular weight excluding hydrogens is 468 g/mol. The second-order valence-corrected chi connectivity index (χ2v) is 9.93. The van der Waals surface area contributed by atoms with Gasteiger partial charge in [-0.2, -0.15) is 0 Å². The SMILES string of the molecule is C=CCc1ccccc1OCC(O)CN1CCC(CN2C(=O)c3cccc4cc(O)cc(c34)C2=O)CC1. The summed E-state index contributed by atoms with van der Waals surface area (Å²) in [6, 6.07) is 16.1. The number of hydrogen-bond donors (Lipinski definition) is 2. The topological polar surface area (TPSA) is 90.3 Å². The van der Waals surface area contributed by atoms with Crippen LogP contribution in [0.5, 0.6) is 11.5 Å². The lowest BCUT2D eigenvalue weighted by Crippen LogP contribution is -2.46. The number of phenols is 1. The fourth-order valence-electron chi connectivity index (χ4n) is 5.42. The van der Waals surface area contributed by atoms with Crippen molar-refractivity contribution in [2.75, 3.05) is 32.8 Å². The van der Waals surface area contributed by atoms with Crippen molar-refractivity contribution in [2.45, 2.75) is 25.4 Å². The molecule has 0 spiro atoms. The summed E-state index contributed by atoms with van der Waals surface area (Å²) in [4.78, 5) is 30.0. The van der Waals surface area contributed by atoms with E-state index in [9.17, 15) is 19.8 Å². The van der Waals surface area contributed by atoms with Crippen LogP contribution in [0.2, 0.25) is 0 Å². The van der Waals surface area contributed by atoms with Crippen LogP contribution in [0.1, 0.15) is 39.1 Å². The van der Waals surface area contributed by atoms with E-state index in [2.05, 4.69) is 11.5 Å². The lowest BCUT2D eigenvalue weighted by atomic mass is 9.91. The number of likely N-dealkylation sites (tertiary alicyclic amines) is 1. The van der Waals surface area contributed by atoms with Crippen molar-refractivity contribution in [1.82, 2.24) is 9.80 Å².